The van der Waals surface area contributed by atoms with Crippen LogP contribution in [0.2, 0.25) is 0 Å². The third-order valence-corrected chi connectivity index (χ3v) is 5.04. The van der Waals surface area contributed by atoms with Crippen molar-refractivity contribution in [2.75, 3.05) is 5.32 Å². The third-order valence-electron chi connectivity index (χ3n) is 5.04. The van der Waals surface area contributed by atoms with Gasteiger partial charge in [-0.2, -0.15) is 0 Å². The first-order chi connectivity index (χ1) is 11.7. The quantitative estimate of drug-likeness (QED) is 0.869. The maximum atomic E-state index is 12.8. The molecular weight excluding hydrogens is 316 g/mol. The topological polar surface area (TPSA) is 75.3 Å². The molecule has 1 aromatic carbocycles. The summed E-state index contributed by atoms with van der Waals surface area (Å²) in [5.41, 5.74) is 3.82. The van der Waals surface area contributed by atoms with Crippen LogP contribution in [0.15, 0.2) is 29.5 Å². The van der Waals surface area contributed by atoms with E-state index in [0.29, 0.717) is 29.8 Å². The van der Waals surface area contributed by atoms with Gasteiger partial charge < -0.3 is 10.6 Å². The van der Waals surface area contributed by atoms with Crippen LogP contribution in [-0.2, 0) is 14.4 Å². The van der Waals surface area contributed by atoms with Crippen LogP contribution in [-0.4, -0.2) is 17.6 Å². The molecule has 2 aliphatic rings. The van der Waals surface area contributed by atoms with Crippen LogP contribution in [0.5, 0.6) is 0 Å². The number of nitrogens with one attached hydrogen (secondary N) is 2. The molecule has 1 aliphatic carbocycles. The fraction of sp³-hybridized carbons (Fsp3) is 0.450. The zero-order chi connectivity index (χ0) is 18.4. The van der Waals surface area contributed by atoms with Gasteiger partial charge in [-0.15, -0.1) is 0 Å². The number of carbonyl (C=O) groups is 3. The number of hydrogen-bond donors (Lipinski definition) is 2. The van der Waals surface area contributed by atoms with E-state index < -0.39 is 5.92 Å². The summed E-state index contributed by atoms with van der Waals surface area (Å²) >= 11 is 0. The first-order valence-corrected chi connectivity index (χ1v) is 8.60. The Morgan fingerprint density at radius 3 is 2.56 bits per heavy atom. The summed E-state index contributed by atoms with van der Waals surface area (Å²) in [5.74, 6) is -1.25. The van der Waals surface area contributed by atoms with E-state index in [4.69, 9.17) is 0 Å². The Kier molecular flexibility index (Phi) is 4.27. The van der Waals surface area contributed by atoms with Gasteiger partial charge in [0.15, 0.2) is 5.78 Å². The van der Waals surface area contributed by atoms with Gasteiger partial charge in [0.1, 0.15) is 0 Å². The highest BCUT2D eigenvalue weighted by atomic mass is 16.2. The molecule has 0 spiro atoms. The summed E-state index contributed by atoms with van der Waals surface area (Å²) in [6.07, 6.45) is 1.02. The molecule has 0 bridgehead atoms. The van der Waals surface area contributed by atoms with Gasteiger partial charge in [0.25, 0.3) is 0 Å². The lowest BCUT2D eigenvalue weighted by Gasteiger charge is -2.37. The van der Waals surface area contributed by atoms with Crippen molar-refractivity contribution in [3.05, 3.63) is 40.6 Å². The highest BCUT2D eigenvalue weighted by Gasteiger charge is 2.42. The van der Waals surface area contributed by atoms with Crippen LogP contribution in [0.1, 0.15) is 44.2 Å². The minimum absolute atomic E-state index is 0.0156. The molecule has 0 unspecified atom stereocenters. The summed E-state index contributed by atoms with van der Waals surface area (Å²) in [6.45, 7) is 7.98. The van der Waals surface area contributed by atoms with Gasteiger partial charge >= 0.3 is 0 Å². The van der Waals surface area contributed by atoms with Crippen molar-refractivity contribution >= 4 is 23.3 Å². The molecule has 2 amide bonds. The standard InChI is InChI=1S/C20H24N2O3/c1-11-5-6-13(7-12(11)2)21-19(25)14-8-17(24)22-15-9-20(3,4)10-16(23)18(14)15/h5-7,14H,8-10H2,1-4H3,(H,21,25)(H,22,24)/t14-/m1/s1. The minimum Gasteiger partial charge on any atom is -0.329 e. The molecule has 5 nitrogen and oxygen atoms in total. The molecule has 1 atom stereocenters. The monoisotopic (exact) mass is 340 g/mol. The zero-order valence-electron chi connectivity index (χ0n) is 15.2. The van der Waals surface area contributed by atoms with E-state index in [1.165, 1.54) is 0 Å². The van der Waals surface area contributed by atoms with Gasteiger partial charge in [-0.05, 0) is 48.9 Å². The molecule has 0 saturated carbocycles. The molecule has 2 N–H and O–H groups in total. The first-order valence-electron chi connectivity index (χ1n) is 8.60. The van der Waals surface area contributed by atoms with E-state index in [0.717, 1.165) is 11.1 Å². The lowest BCUT2D eigenvalue weighted by atomic mass is 9.71. The van der Waals surface area contributed by atoms with Crippen molar-refractivity contribution in [2.45, 2.75) is 47.0 Å². The van der Waals surface area contributed by atoms with Crippen molar-refractivity contribution in [3.63, 3.8) is 0 Å². The SMILES string of the molecule is Cc1ccc(NC(=O)[C@@H]2CC(=O)NC3=C2C(=O)CC(C)(C)C3)cc1C. The van der Waals surface area contributed by atoms with E-state index in [2.05, 4.69) is 10.6 Å². The number of rotatable bonds is 2. The summed E-state index contributed by atoms with van der Waals surface area (Å²) in [7, 11) is 0. The van der Waals surface area contributed by atoms with Crippen LogP contribution in [0.4, 0.5) is 5.69 Å². The smallest absolute Gasteiger partial charge is 0.232 e. The van der Waals surface area contributed by atoms with E-state index in [1.54, 1.807) is 0 Å². The number of benzene rings is 1. The Labute approximate surface area is 147 Å². The van der Waals surface area contributed by atoms with Gasteiger partial charge in [-0.1, -0.05) is 19.9 Å². The molecule has 3 rings (SSSR count). The van der Waals surface area contributed by atoms with Gasteiger partial charge in [0, 0.05) is 29.8 Å². The minimum atomic E-state index is -0.714. The number of carbonyl (C=O) groups excluding carboxylic acids is 3. The van der Waals surface area contributed by atoms with E-state index in [9.17, 15) is 14.4 Å². The van der Waals surface area contributed by atoms with Crippen molar-refractivity contribution in [2.24, 2.45) is 11.3 Å². The number of allylic oxidation sites excluding steroid dienone is 1. The van der Waals surface area contributed by atoms with Crippen LogP contribution in [0.3, 0.4) is 0 Å². The summed E-state index contributed by atoms with van der Waals surface area (Å²) in [5, 5.41) is 5.68. The normalized spacial score (nSPS) is 22.3. The Bertz CT molecular complexity index is 805. The molecular formula is C20H24N2O3. The number of anilines is 1. The molecule has 25 heavy (non-hydrogen) atoms. The van der Waals surface area contributed by atoms with E-state index in [-0.39, 0.29) is 29.4 Å². The van der Waals surface area contributed by atoms with Crippen molar-refractivity contribution < 1.29 is 14.4 Å². The maximum absolute atomic E-state index is 12.8. The molecule has 1 aromatic rings. The molecule has 1 heterocycles. The molecule has 1 aliphatic heterocycles. The highest BCUT2D eigenvalue weighted by molar-refractivity contribution is 6.09. The number of ketones is 1. The van der Waals surface area contributed by atoms with Crippen molar-refractivity contribution in [1.82, 2.24) is 5.32 Å². The Morgan fingerprint density at radius 2 is 1.88 bits per heavy atom. The number of aryl methyl sites for hydroxylation is 2. The fourth-order valence-corrected chi connectivity index (χ4v) is 3.63. The van der Waals surface area contributed by atoms with Gasteiger partial charge in [-0.25, -0.2) is 0 Å². The summed E-state index contributed by atoms with van der Waals surface area (Å²) < 4.78 is 0. The summed E-state index contributed by atoms with van der Waals surface area (Å²) in [4.78, 5) is 37.5. The molecule has 0 radical (unpaired) electrons. The zero-order valence-corrected chi connectivity index (χ0v) is 15.2. The first kappa shape index (κ1) is 17.4. The lowest BCUT2D eigenvalue weighted by Crippen LogP contribution is -2.44. The largest absolute Gasteiger partial charge is 0.329 e. The molecule has 0 aromatic heterocycles. The van der Waals surface area contributed by atoms with Gasteiger partial charge in [0.2, 0.25) is 11.8 Å². The molecule has 132 valence electrons. The van der Waals surface area contributed by atoms with Crippen LogP contribution in [0.25, 0.3) is 0 Å². The lowest BCUT2D eigenvalue weighted by molar-refractivity contribution is -0.129. The van der Waals surface area contributed by atoms with E-state index in [1.807, 2.05) is 45.9 Å². The summed E-state index contributed by atoms with van der Waals surface area (Å²) in [6, 6.07) is 5.68. The van der Waals surface area contributed by atoms with Gasteiger partial charge in [-0.3, -0.25) is 14.4 Å². The Hall–Kier alpha value is -2.43. The van der Waals surface area contributed by atoms with Crippen LogP contribution < -0.4 is 10.6 Å². The second-order valence-corrected chi connectivity index (χ2v) is 7.93. The van der Waals surface area contributed by atoms with Crippen molar-refractivity contribution in [1.29, 1.82) is 0 Å². The van der Waals surface area contributed by atoms with Crippen molar-refractivity contribution in [3.8, 4) is 0 Å². The Balaban J connectivity index is 1.89. The van der Waals surface area contributed by atoms with Crippen LogP contribution in [0, 0.1) is 25.2 Å². The number of hydrogen-bond acceptors (Lipinski definition) is 3. The molecule has 0 fully saturated rings. The average Bonchev–Trinajstić information content (AvgIpc) is 2.48. The predicted octanol–water partition coefficient (Wildman–Crippen LogP) is 3.02. The Morgan fingerprint density at radius 1 is 1.16 bits per heavy atom. The predicted molar refractivity (Wildman–Crippen MR) is 95.8 cm³/mol. The molecule has 5 heteroatoms. The second-order valence-electron chi connectivity index (χ2n) is 7.93. The molecule has 0 saturated heterocycles. The highest BCUT2D eigenvalue weighted by Crippen LogP contribution is 2.40. The third kappa shape index (κ3) is 3.50. The van der Waals surface area contributed by atoms with E-state index >= 15 is 0 Å². The average molecular weight is 340 g/mol. The number of Topliss-reactive ketones (excluding diaryl/α,β-unsaturated/α-hetero) is 1. The maximum Gasteiger partial charge on any atom is 0.232 e. The second kappa shape index (κ2) is 6.14. The fourth-order valence-electron chi connectivity index (χ4n) is 3.63. The van der Waals surface area contributed by atoms with Crippen LogP contribution >= 0.6 is 0 Å². The number of amides is 2. The van der Waals surface area contributed by atoms with Gasteiger partial charge in [0.05, 0.1) is 5.92 Å².